The van der Waals surface area contributed by atoms with Crippen LogP contribution >= 0.6 is 0 Å². The molecule has 0 N–H and O–H groups in total. The number of hydrogen-bond acceptors (Lipinski definition) is 1. The molecule has 1 aromatic rings. The molecular weight excluding hydrogens is 210 g/mol. The molecule has 0 aromatic carbocycles. The lowest BCUT2D eigenvalue weighted by molar-refractivity contribution is 0.558. The highest BCUT2D eigenvalue weighted by molar-refractivity contribution is 5.31. The molecule has 2 heteroatoms. The summed E-state index contributed by atoms with van der Waals surface area (Å²) in [4.78, 5) is 0. The largest absolute Gasteiger partial charge is 0.445 e. The Morgan fingerprint density at radius 2 is 1.53 bits per heavy atom. The van der Waals surface area contributed by atoms with Crippen LogP contribution in [0.1, 0.15) is 70.3 Å². The van der Waals surface area contributed by atoms with E-state index in [1.54, 1.807) is 6.26 Å². The molecule has 1 aromatic heterocycles. The van der Waals surface area contributed by atoms with Crippen LogP contribution in [-0.2, 0) is 6.42 Å². The quantitative estimate of drug-likeness (QED) is 0.522. The summed E-state index contributed by atoms with van der Waals surface area (Å²) in [5, 5.41) is 0. The zero-order valence-corrected chi connectivity index (χ0v) is 11.1. The van der Waals surface area contributed by atoms with Gasteiger partial charge >= 0.3 is 0 Å². The van der Waals surface area contributed by atoms with Crippen molar-refractivity contribution in [2.75, 3.05) is 0 Å². The van der Waals surface area contributed by atoms with E-state index >= 15 is 0 Å². The number of unbranched alkanes of at least 4 members (excludes halogenated alkanes) is 8. The predicted molar refractivity (Wildman–Crippen MR) is 71.4 cm³/mol. The Bertz CT molecular complexity index is 280. The van der Waals surface area contributed by atoms with E-state index in [1.807, 2.05) is 6.07 Å². The Morgan fingerprint density at radius 3 is 2.06 bits per heavy atom. The minimum absolute atomic E-state index is 0.101. The van der Waals surface area contributed by atoms with Crippen LogP contribution in [0, 0.1) is 0 Å². The molecule has 2 radical (unpaired) electrons. The van der Waals surface area contributed by atoms with Gasteiger partial charge in [-0.05, 0) is 18.9 Å². The van der Waals surface area contributed by atoms with Crippen LogP contribution in [0.2, 0.25) is 0 Å². The Kier molecular flexibility index (Phi) is 7.61. The van der Waals surface area contributed by atoms with Gasteiger partial charge in [-0.25, -0.2) is 0 Å². The van der Waals surface area contributed by atoms with E-state index in [9.17, 15) is 5.73 Å². The Morgan fingerprint density at radius 1 is 0.941 bits per heavy atom. The van der Waals surface area contributed by atoms with Crippen LogP contribution < -0.4 is 5.73 Å². The lowest BCUT2D eigenvalue weighted by Gasteiger charge is -2.01. The van der Waals surface area contributed by atoms with Crippen LogP contribution in [0.4, 0.5) is 5.88 Å². The van der Waals surface area contributed by atoms with Gasteiger partial charge in [-0.15, -0.1) is 5.73 Å². The van der Waals surface area contributed by atoms with E-state index in [-0.39, 0.29) is 5.88 Å². The van der Waals surface area contributed by atoms with E-state index < -0.39 is 0 Å². The third kappa shape index (κ3) is 6.40. The van der Waals surface area contributed by atoms with Crippen molar-refractivity contribution in [3.63, 3.8) is 0 Å². The lowest BCUT2D eigenvalue weighted by Crippen LogP contribution is -1.85. The molecule has 0 aliphatic heterocycles. The van der Waals surface area contributed by atoms with Gasteiger partial charge in [-0.1, -0.05) is 58.3 Å². The number of hydrogen-bond donors (Lipinski definition) is 0. The molecule has 0 aliphatic carbocycles. The van der Waals surface area contributed by atoms with E-state index in [0.29, 0.717) is 0 Å². The summed E-state index contributed by atoms with van der Waals surface area (Å²) in [6, 6.07) is 1.86. The smallest absolute Gasteiger partial charge is 0.241 e. The predicted octanol–water partition coefficient (Wildman–Crippen LogP) is 5.05. The molecule has 96 valence electrons. The second-order valence-electron chi connectivity index (χ2n) is 4.83. The minimum Gasteiger partial charge on any atom is -0.445 e. The molecular formula is C15H25NO. The lowest BCUT2D eigenvalue weighted by atomic mass is 10.0. The average molecular weight is 235 g/mol. The Labute approximate surface area is 106 Å². The zero-order chi connectivity index (χ0) is 12.3. The van der Waals surface area contributed by atoms with Crippen LogP contribution in [0.25, 0.3) is 0 Å². The molecule has 0 unspecified atom stereocenters. The van der Waals surface area contributed by atoms with E-state index in [1.165, 1.54) is 51.4 Å². The molecule has 1 heterocycles. The second-order valence-corrected chi connectivity index (χ2v) is 4.83. The third-order valence-corrected chi connectivity index (χ3v) is 3.27. The van der Waals surface area contributed by atoms with Crippen LogP contribution in [0.15, 0.2) is 16.7 Å². The summed E-state index contributed by atoms with van der Waals surface area (Å²) in [5.41, 5.74) is 10.3. The zero-order valence-electron chi connectivity index (χ0n) is 11.1. The van der Waals surface area contributed by atoms with Crippen molar-refractivity contribution >= 4 is 5.88 Å². The molecule has 2 nitrogen and oxygen atoms in total. The third-order valence-electron chi connectivity index (χ3n) is 3.27. The maximum Gasteiger partial charge on any atom is 0.241 e. The van der Waals surface area contributed by atoms with E-state index in [4.69, 9.17) is 4.42 Å². The van der Waals surface area contributed by atoms with E-state index in [2.05, 4.69) is 6.92 Å². The van der Waals surface area contributed by atoms with Gasteiger partial charge in [0.05, 0.1) is 6.26 Å². The first-order valence-corrected chi connectivity index (χ1v) is 7.10. The van der Waals surface area contributed by atoms with Gasteiger partial charge in [0.2, 0.25) is 5.88 Å². The Hall–Kier alpha value is -0.920. The normalized spacial score (nSPS) is 10.9. The fourth-order valence-electron chi connectivity index (χ4n) is 2.14. The summed E-state index contributed by atoms with van der Waals surface area (Å²) in [7, 11) is 0. The van der Waals surface area contributed by atoms with Crippen LogP contribution in [0.3, 0.4) is 0 Å². The molecule has 1 rings (SSSR count). The standard InChI is InChI=1S/C15H25NO/c1-2-3-4-5-6-7-8-9-10-11-14-12-13-17-15(14)16/h12-13H,2-11H2,1H3. The van der Waals surface area contributed by atoms with Gasteiger partial charge in [0.15, 0.2) is 0 Å². The number of rotatable bonds is 10. The summed E-state index contributed by atoms with van der Waals surface area (Å²) in [6.07, 6.45) is 14.5. The van der Waals surface area contributed by atoms with Gasteiger partial charge in [0.25, 0.3) is 0 Å². The molecule has 0 spiro atoms. The molecule has 0 saturated heterocycles. The van der Waals surface area contributed by atoms with Gasteiger partial charge in [0, 0.05) is 5.56 Å². The average Bonchev–Trinajstić information content (AvgIpc) is 2.73. The van der Waals surface area contributed by atoms with Crippen molar-refractivity contribution in [2.45, 2.75) is 71.1 Å². The summed E-state index contributed by atoms with van der Waals surface area (Å²) < 4.78 is 4.85. The summed E-state index contributed by atoms with van der Waals surface area (Å²) in [6.45, 7) is 2.26. The van der Waals surface area contributed by atoms with Crippen molar-refractivity contribution in [1.82, 2.24) is 5.73 Å². The summed E-state index contributed by atoms with van der Waals surface area (Å²) >= 11 is 0. The summed E-state index contributed by atoms with van der Waals surface area (Å²) in [5.74, 6) is 0.101. The first kappa shape index (κ1) is 14.1. The van der Waals surface area contributed by atoms with Crippen molar-refractivity contribution in [3.8, 4) is 0 Å². The van der Waals surface area contributed by atoms with Gasteiger partial charge < -0.3 is 4.42 Å². The molecule has 0 amide bonds. The van der Waals surface area contributed by atoms with Crippen molar-refractivity contribution in [2.24, 2.45) is 0 Å². The highest BCUT2D eigenvalue weighted by atomic mass is 16.3. The second kappa shape index (κ2) is 9.15. The van der Waals surface area contributed by atoms with E-state index in [0.717, 1.165) is 18.4 Å². The number of furan rings is 1. The first-order chi connectivity index (χ1) is 8.34. The minimum atomic E-state index is 0.101. The fraction of sp³-hybridized carbons (Fsp3) is 0.733. The van der Waals surface area contributed by atoms with Gasteiger partial charge in [0.1, 0.15) is 0 Å². The van der Waals surface area contributed by atoms with Crippen LogP contribution in [-0.4, -0.2) is 0 Å². The molecule has 0 saturated carbocycles. The Balaban J connectivity index is 1.86. The number of nitrogens with zero attached hydrogens (tertiary/aromatic N) is 1. The maximum absolute atomic E-state index is 9.31. The molecule has 0 bridgehead atoms. The molecule has 17 heavy (non-hydrogen) atoms. The molecule has 0 atom stereocenters. The molecule has 0 fully saturated rings. The van der Waals surface area contributed by atoms with Gasteiger partial charge in [-0.3, -0.25) is 0 Å². The number of aryl methyl sites for hydroxylation is 1. The molecule has 0 aliphatic rings. The maximum atomic E-state index is 9.31. The highest BCUT2D eigenvalue weighted by Gasteiger charge is 2.02. The monoisotopic (exact) mass is 235 g/mol. The van der Waals surface area contributed by atoms with Crippen LogP contribution in [0.5, 0.6) is 0 Å². The SMILES string of the molecule is CCCCCCCCCCCc1ccoc1[N]. The van der Waals surface area contributed by atoms with Gasteiger partial charge in [-0.2, -0.15) is 0 Å². The van der Waals surface area contributed by atoms with Crippen molar-refractivity contribution in [1.29, 1.82) is 0 Å². The van der Waals surface area contributed by atoms with Crippen molar-refractivity contribution < 1.29 is 4.42 Å². The topological polar surface area (TPSA) is 35.4 Å². The fourth-order valence-corrected chi connectivity index (χ4v) is 2.14. The highest BCUT2D eigenvalue weighted by Crippen LogP contribution is 2.18. The first-order valence-electron chi connectivity index (χ1n) is 7.10. The van der Waals surface area contributed by atoms with Crippen molar-refractivity contribution in [3.05, 3.63) is 17.9 Å².